The van der Waals surface area contributed by atoms with E-state index >= 15 is 0 Å². The maximum absolute atomic E-state index is 12.3. The molecule has 0 radical (unpaired) electrons. The number of Topliss-reactive ketones (excluding diaryl/α,β-unsaturated/α-hetero) is 1. The number of hydrogen-bond donors (Lipinski definition) is 0. The third-order valence-electron chi connectivity index (χ3n) is 4.81. The molecule has 0 atom stereocenters. The van der Waals surface area contributed by atoms with Crippen LogP contribution in [0.15, 0.2) is 42.1 Å². The van der Waals surface area contributed by atoms with Gasteiger partial charge in [-0.1, -0.05) is 51.1 Å². The van der Waals surface area contributed by atoms with E-state index in [1.165, 1.54) is 5.56 Å². The Morgan fingerprint density at radius 1 is 1.24 bits per heavy atom. The molecule has 0 N–H and O–H groups in total. The molecule has 0 saturated heterocycles. The molecule has 0 amide bonds. The maximum atomic E-state index is 12.3. The van der Waals surface area contributed by atoms with Gasteiger partial charge in [0.15, 0.2) is 5.78 Å². The summed E-state index contributed by atoms with van der Waals surface area (Å²) in [6, 6.07) is 10.5. The fraction of sp³-hybridized carbons (Fsp3) is 0.526. The van der Waals surface area contributed by atoms with E-state index in [2.05, 4.69) is 63.1 Å². The van der Waals surface area contributed by atoms with E-state index in [1.807, 2.05) is 13.0 Å². The second-order valence-electron chi connectivity index (χ2n) is 7.07. The minimum absolute atomic E-state index is 0.0175. The SMILES string of the molecule is CCC(=O)C1=CN(C(C)(C)c2ccccc2)CCC1(C)C. The van der Waals surface area contributed by atoms with Crippen LogP contribution >= 0.6 is 0 Å². The van der Waals surface area contributed by atoms with Crippen LogP contribution in [0.2, 0.25) is 0 Å². The molecule has 2 nitrogen and oxygen atoms in total. The van der Waals surface area contributed by atoms with E-state index in [9.17, 15) is 4.79 Å². The second kappa shape index (κ2) is 5.67. The summed E-state index contributed by atoms with van der Waals surface area (Å²) in [6.07, 6.45) is 3.71. The third kappa shape index (κ3) is 3.04. The van der Waals surface area contributed by atoms with Crippen molar-refractivity contribution in [3.05, 3.63) is 47.7 Å². The fourth-order valence-corrected chi connectivity index (χ4v) is 3.02. The highest BCUT2D eigenvalue weighted by Crippen LogP contribution is 2.40. The Morgan fingerprint density at radius 3 is 2.43 bits per heavy atom. The number of carbonyl (C=O) groups is 1. The van der Waals surface area contributed by atoms with Crippen LogP contribution in [0.5, 0.6) is 0 Å². The average molecular weight is 285 g/mol. The minimum atomic E-state index is -0.100. The van der Waals surface area contributed by atoms with Gasteiger partial charge in [-0.25, -0.2) is 0 Å². The number of hydrogen-bond acceptors (Lipinski definition) is 2. The molecule has 114 valence electrons. The first kappa shape index (κ1) is 15.8. The number of allylic oxidation sites excluding steroid dienone is 1. The summed E-state index contributed by atoms with van der Waals surface area (Å²) in [7, 11) is 0. The van der Waals surface area contributed by atoms with Gasteiger partial charge >= 0.3 is 0 Å². The van der Waals surface area contributed by atoms with Crippen LogP contribution < -0.4 is 0 Å². The maximum Gasteiger partial charge on any atom is 0.160 e. The quantitative estimate of drug-likeness (QED) is 0.811. The van der Waals surface area contributed by atoms with Crippen LogP contribution in [-0.4, -0.2) is 17.2 Å². The summed E-state index contributed by atoms with van der Waals surface area (Å²) in [6.45, 7) is 11.7. The van der Waals surface area contributed by atoms with Crippen molar-refractivity contribution in [3.8, 4) is 0 Å². The molecule has 1 aromatic carbocycles. The highest BCUT2D eigenvalue weighted by Gasteiger charge is 2.36. The molecule has 21 heavy (non-hydrogen) atoms. The molecule has 1 heterocycles. The lowest BCUT2D eigenvalue weighted by atomic mass is 9.75. The normalized spacial score (nSPS) is 18.3. The Labute approximate surface area is 128 Å². The van der Waals surface area contributed by atoms with Gasteiger partial charge in [-0.2, -0.15) is 0 Å². The molecule has 0 aromatic heterocycles. The van der Waals surface area contributed by atoms with E-state index in [4.69, 9.17) is 0 Å². The summed E-state index contributed by atoms with van der Waals surface area (Å²) in [5, 5.41) is 0. The van der Waals surface area contributed by atoms with Crippen molar-refractivity contribution in [3.63, 3.8) is 0 Å². The van der Waals surface area contributed by atoms with Crippen molar-refractivity contribution in [2.75, 3.05) is 6.54 Å². The fourth-order valence-electron chi connectivity index (χ4n) is 3.02. The highest BCUT2D eigenvalue weighted by atomic mass is 16.1. The molecule has 0 fully saturated rings. The number of carbonyl (C=O) groups excluding carboxylic acids is 1. The molecule has 0 unspecified atom stereocenters. The van der Waals surface area contributed by atoms with Gasteiger partial charge in [0, 0.05) is 24.7 Å². The summed E-state index contributed by atoms with van der Waals surface area (Å²) < 4.78 is 0. The lowest BCUT2D eigenvalue weighted by molar-refractivity contribution is -0.116. The van der Waals surface area contributed by atoms with Crippen molar-refractivity contribution < 1.29 is 4.79 Å². The van der Waals surface area contributed by atoms with Gasteiger partial charge < -0.3 is 4.90 Å². The largest absolute Gasteiger partial charge is 0.368 e. The predicted molar refractivity (Wildman–Crippen MR) is 88.0 cm³/mol. The number of benzene rings is 1. The zero-order chi connectivity index (χ0) is 15.7. The third-order valence-corrected chi connectivity index (χ3v) is 4.81. The summed E-state index contributed by atoms with van der Waals surface area (Å²) >= 11 is 0. The van der Waals surface area contributed by atoms with E-state index < -0.39 is 0 Å². The van der Waals surface area contributed by atoms with Gasteiger partial charge in [-0.15, -0.1) is 0 Å². The van der Waals surface area contributed by atoms with Crippen molar-refractivity contribution in [1.82, 2.24) is 4.90 Å². The van der Waals surface area contributed by atoms with Crippen LogP contribution in [0.4, 0.5) is 0 Å². The average Bonchev–Trinajstić information content (AvgIpc) is 2.47. The van der Waals surface area contributed by atoms with E-state index in [1.54, 1.807) is 0 Å². The predicted octanol–water partition coefficient (Wildman–Crippen LogP) is 4.52. The standard InChI is InChI=1S/C19H27NO/c1-6-17(21)16-14-20(13-12-18(16,2)3)19(4,5)15-10-8-7-9-11-15/h7-11,14H,6,12-13H2,1-5H3. The number of rotatable bonds is 4. The molecular weight excluding hydrogens is 258 g/mol. The van der Waals surface area contributed by atoms with Crippen LogP contribution in [0.3, 0.4) is 0 Å². The molecular formula is C19H27NO. The molecule has 2 heteroatoms. The Morgan fingerprint density at radius 2 is 1.86 bits per heavy atom. The summed E-state index contributed by atoms with van der Waals surface area (Å²) in [5.41, 5.74) is 2.14. The Balaban J connectivity index is 2.39. The van der Waals surface area contributed by atoms with Crippen LogP contribution in [0.25, 0.3) is 0 Å². The zero-order valence-corrected chi connectivity index (χ0v) is 13.9. The van der Waals surface area contributed by atoms with Crippen LogP contribution in [0.1, 0.15) is 53.0 Å². The Kier molecular flexibility index (Phi) is 4.27. The van der Waals surface area contributed by atoms with Gasteiger partial charge in [0.05, 0.1) is 5.54 Å². The first-order chi connectivity index (χ1) is 9.79. The molecule has 0 bridgehead atoms. The lowest BCUT2D eigenvalue weighted by Crippen LogP contribution is -2.44. The van der Waals surface area contributed by atoms with Crippen molar-refractivity contribution in [1.29, 1.82) is 0 Å². The summed E-state index contributed by atoms with van der Waals surface area (Å²) in [4.78, 5) is 14.6. The molecule has 1 aliphatic rings. The summed E-state index contributed by atoms with van der Waals surface area (Å²) in [5.74, 6) is 0.272. The van der Waals surface area contributed by atoms with E-state index in [0.29, 0.717) is 6.42 Å². The second-order valence-corrected chi connectivity index (χ2v) is 7.07. The van der Waals surface area contributed by atoms with E-state index in [-0.39, 0.29) is 16.7 Å². The smallest absolute Gasteiger partial charge is 0.160 e. The molecule has 2 rings (SSSR count). The number of ketones is 1. The monoisotopic (exact) mass is 285 g/mol. The molecule has 0 saturated carbocycles. The van der Waals surface area contributed by atoms with Gasteiger partial charge in [0.2, 0.25) is 0 Å². The van der Waals surface area contributed by atoms with Crippen LogP contribution in [0, 0.1) is 5.41 Å². The van der Waals surface area contributed by atoms with Crippen molar-refractivity contribution in [2.45, 2.75) is 53.0 Å². The molecule has 1 aromatic rings. The van der Waals surface area contributed by atoms with Gasteiger partial charge in [0.1, 0.15) is 0 Å². The van der Waals surface area contributed by atoms with Crippen molar-refractivity contribution >= 4 is 5.78 Å². The lowest BCUT2D eigenvalue weighted by Gasteiger charge is -2.45. The van der Waals surface area contributed by atoms with E-state index in [0.717, 1.165) is 18.5 Å². The number of nitrogens with zero attached hydrogens (tertiary/aromatic N) is 1. The Bertz CT molecular complexity index is 540. The minimum Gasteiger partial charge on any atom is -0.368 e. The topological polar surface area (TPSA) is 20.3 Å². The van der Waals surface area contributed by atoms with Gasteiger partial charge in [-0.05, 0) is 31.2 Å². The zero-order valence-electron chi connectivity index (χ0n) is 13.9. The molecule has 0 spiro atoms. The van der Waals surface area contributed by atoms with Gasteiger partial charge in [0.25, 0.3) is 0 Å². The first-order valence-corrected chi connectivity index (χ1v) is 7.87. The van der Waals surface area contributed by atoms with Gasteiger partial charge in [-0.3, -0.25) is 4.79 Å². The molecule has 0 aliphatic carbocycles. The van der Waals surface area contributed by atoms with Crippen molar-refractivity contribution in [2.24, 2.45) is 5.41 Å². The first-order valence-electron chi connectivity index (χ1n) is 7.87. The Hall–Kier alpha value is -1.57. The van der Waals surface area contributed by atoms with Crippen LogP contribution in [-0.2, 0) is 10.3 Å². The molecule has 1 aliphatic heterocycles. The highest BCUT2D eigenvalue weighted by molar-refractivity contribution is 5.96.